The summed E-state index contributed by atoms with van der Waals surface area (Å²) in [5.41, 5.74) is 1.24. The standard InChI is InChI=1S/C19H27ClN2O3/c1-13(2)15-4-6-17(7-5-15)25-14(3)19(24)22-10-8-16(9-11-22)21-18(23)12-20/h4-7,13-14,16H,8-12H2,1-3H3,(H,21,23). The minimum atomic E-state index is -0.529. The van der Waals surface area contributed by atoms with E-state index in [-0.39, 0.29) is 23.7 Å². The first-order valence-corrected chi connectivity index (χ1v) is 9.35. The van der Waals surface area contributed by atoms with Crippen molar-refractivity contribution in [3.8, 4) is 5.75 Å². The molecule has 1 aliphatic heterocycles. The van der Waals surface area contributed by atoms with E-state index in [4.69, 9.17) is 16.3 Å². The number of hydrogen-bond donors (Lipinski definition) is 1. The van der Waals surface area contributed by atoms with Crippen molar-refractivity contribution in [2.45, 2.75) is 51.7 Å². The van der Waals surface area contributed by atoms with E-state index in [0.717, 1.165) is 12.8 Å². The Labute approximate surface area is 154 Å². The molecule has 2 amide bonds. The largest absolute Gasteiger partial charge is 0.481 e. The van der Waals surface area contributed by atoms with Crippen LogP contribution in [-0.2, 0) is 9.59 Å². The zero-order valence-corrected chi connectivity index (χ0v) is 15.9. The van der Waals surface area contributed by atoms with Gasteiger partial charge in [0.15, 0.2) is 6.10 Å². The van der Waals surface area contributed by atoms with Gasteiger partial charge in [-0.25, -0.2) is 0 Å². The highest BCUT2D eigenvalue weighted by atomic mass is 35.5. The molecule has 0 bridgehead atoms. The number of benzene rings is 1. The van der Waals surface area contributed by atoms with Crippen LogP contribution in [-0.4, -0.2) is 47.8 Å². The fourth-order valence-electron chi connectivity index (χ4n) is 2.95. The Balaban J connectivity index is 1.83. The first-order valence-electron chi connectivity index (χ1n) is 8.81. The summed E-state index contributed by atoms with van der Waals surface area (Å²) in [5, 5.41) is 2.87. The van der Waals surface area contributed by atoms with Gasteiger partial charge in [-0.2, -0.15) is 0 Å². The van der Waals surface area contributed by atoms with E-state index in [0.29, 0.717) is 24.8 Å². The van der Waals surface area contributed by atoms with Crippen LogP contribution in [0.15, 0.2) is 24.3 Å². The molecule has 2 rings (SSSR count). The normalized spacial score (nSPS) is 16.6. The van der Waals surface area contributed by atoms with Crippen LogP contribution in [0.3, 0.4) is 0 Å². The summed E-state index contributed by atoms with van der Waals surface area (Å²) in [6.45, 7) is 7.29. The molecule has 0 saturated carbocycles. The minimum absolute atomic E-state index is 0.0185. The Bertz CT molecular complexity index is 581. The zero-order chi connectivity index (χ0) is 18.4. The van der Waals surface area contributed by atoms with Crippen molar-refractivity contribution in [3.05, 3.63) is 29.8 Å². The third kappa shape index (κ3) is 5.63. The molecule has 1 fully saturated rings. The van der Waals surface area contributed by atoms with Crippen LogP contribution < -0.4 is 10.1 Å². The van der Waals surface area contributed by atoms with Crippen LogP contribution in [0.1, 0.15) is 45.1 Å². The van der Waals surface area contributed by atoms with Gasteiger partial charge in [-0.05, 0) is 43.4 Å². The molecule has 1 aromatic rings. The number of amides is 2. The molecule has 0 aromatic heterocycles. The van der Waals surface area contributed by atoms with Gasteiger partial charge in [-0.1, -0.05) is 26.0 Å². The monoisotopic (exact) mass is 366 g/mol. The fourth-order valence-corrected chi connectivity index (χ4v) is 3.03. The van der Waals surface area contributed by atoms with Crippen LogP contribution in [0.2, 0.25) is 0 Å². The van der Waals surface area contributed by atoms with Crippen LogP contribution in [0.5, 0.6) is 5.75 Å². The number of likely N-dealkylation sites (tertiary alicyclic amines) is 1. The third-order valence-corrected chi connectivity index (χ3v) is 4.74. The van der Waals surface area contributed by atoms with Crippen molar-refractivity contribution in [3.63, 3.8) is 0 Å². The Morgan fingerprint density at radius 2 is 1.80 bits per heavy atom. The molecule has 1 N–H and O–H groups in total. The molecule has 1 aliphatic rings. The number of nitrogens with one attached hydrogen (secondary N) is 1. The molecule has 0 radical (unpaired) electrons. The second-order valence-electron chi connectivity index (χ2n) is 6.78. The van der Waals surface area contributed by atoms with Gasteiger partial charge in [0.1, 0.15) is 11.6 Å². The number of carbonyl (C=O) groups is 2. The summed E-state index contributed by atoms with van der Waals surface area (Å²) >= 11 is 5.50. The molecule has 25 heavy (non-hydrogen) atoms. The molecular weight excluding hydrogens is 340 g/mol. The zero-order valence-electron chi connectivity index (χ0n) is 15.1. The third-order valence-electron chi connectivity index (χ3n) is 4.50. The summed E-state index contributed by atoms with van der Waals surface area (Å²) in [5.74, 6) is 0.964. The van der Waals surface area contributed by atoms with Gasteiger partial charge in [0, 0.05) is 19.1 Å². The second kappa shape index (κ2) is 9.09. The van der Waals surface area contributed by atoms with Crippen molar-refractivity contribution >= 4 is 23.4 Å². The van der Waals surface area contributed by atoms with Gasteiger partial charge in [-0.15, -0.1) is 11.6 Å². The van der Waals surface area contributed by atoms with Crippen molar-refractivity contribution in [2.24, 2.45) is 0 Å². The lowest BCUT2D eigenvalue weighted by Crippen LogP contribution is -2.49. The number of nitrogens with zero attached hydrogens (tertiary/aromatic N) is 1. The molecule has 1 unspecified atom stereocenters. The Kier molecular flexibility index (Phi) is 7.12. The van der Waals surface area contributed by atoms with Gasteiger partial charge in [0.05, 0.1) is 0 Å². The molecule has 1 saturated heterocycles. The van der Waals surface area contributed by atoms with Gasteiger partial charge in [-0.3, -0.25) is 9.59 Å². The summed E-state index contributed by atoms with van der Waals surface area (Å²) < 4.78 is 5.79. The van der Waals surface area contributed by atoms with Crippen LogP contribution in [0.25, 0.3) is 0 Å². The summed E-state index contributed by atoms with van der Waals surface area (Å²) in [7, 11) is 0. The van der Waals surface area contributed by atoms with Crippen molar-refractivity contribution in [1.82, 2.24) is 10.2 Å². The van der Waals surface area contributed by atoms with Gasteiger partial charge >= 0.3 is 0 Å². The predicted molar refractivity (Wildman–Crippen MR) is 99.1 cm³/mol. The number of ether oxygens (including phenoxy) is 1. The van der Waals surface area contributed by atoms with Crippen LogP contribution >= 0.6 is 11.6 Å². The van der Waals surface area contributed by atoms with Crippen LogP contribution in [0.4, 0.5) is 0 Å². The molecule has 138 valence electrons. The molecule has 1 heterocycles. The molecule has 1 atom stereocenters. The Morgan fingerprint density at radius 3 is 2.32 bits per heavy atom. The second-order valence-corrected chi connectivity index (χ2v) is 7.05. The van der Waals surface area contributed by atoms with Crippen molar-refractivity contribution in [1.29, 1.82) is 0 Å². The maximum absolute atomic E-state index is 12.6. The smallest absolute Gasteiger partial charge is 0.263 e. The fraction of sp³-hybridized carbons (Fsp3) is 0.579. The summed E-state index contributed by atoms with van der Waals surface area (Å²) in [4.78, 5) is 25.7. The van der Waals surface area contributed by atoms with Crippen molar-refractivity contribution in [2.75, 3.05) is 19.0 Å². The van der Waals surface area contributed by atoms with E-state index in [1.165, 1.54) is 5.56 Å². The minimum Gasteiger partial charge on any atom is -0.481 e. The summed E-state index contributed by atoms with van der Waals surface area (Å²) in [6.07, 6.45) is 0.952. The molecule has 0 spiro atoms. The first kappa shape index (κ1) is 19.6. The van der Waals surface area contributed by atoms with E-state index in [9.17, 15) is 9.59 Å². The lowest BCUT2D eigenvalue weighted by Gasteiger charge is -2.33. The number of halogens is 1. The van der Waals surface area contributed by atoms with Gasteiger partial charge in [0.2, 0.25) is 5.91 Å². The number of alkyl halides is 1. The topological polar surface area (TPSA) is 58.6 Å². The lowest BCUT2D eigenvalue weighted by molar-refractivity contribution is -0.139. The SMILES string of the molecule is CC(Oc1ccc(C(C)C)cc1)C(=O)N1CCC(NC(=O)CCl)CC1. The highest BCUT2D eigenvalue weighted by molar-refractivity contribution is 6.27. The lowest BCUT2D eigenvalue weighted by atomic mass is 10.0. The number of rotatable bonds is 6. The Morgan fingerprint density at radius 1 is 1.20 bits per heavy atom. The van der Waals surface area contributed by atoms with E-state index in [2.05, 4.69) is 19.2 Å². The Hall–Kier alpha value is -1.75. The van der Waals surface area contributed by atoms with E-state index in [1.807, 2.05) is 24.3 Å². The highest BCUT2D eigenvalue weighted by Crippen LogP contribution is 2.20. The van der Waals surface area contributed by atoms with Crippen LogP contribution in [0, 0.1) is 0 Å². The number of carbonyl (C=O) groups excluding carboxylic acids is 2. The summed E-state index contributed by atoms with van der Waals surface area (Å²) in [6, 6.07) is 7.97. The maximum Gasteiger partial charge on any atom is 0.263 e. The molecular formula is C19H27ClN2O3. The highest BCUT2D eigenvalue weighted by Gasteiger charge is 2.27. The maximum atomic E-state index is 12.6. The molecule has 1 aromatic carbocycles. The molecule has 5 nitrogen and oxygen atoms in total. The molecule has 6 heteroatoms. The quantitative estimate of drug-likeness (QED) is 0.787. The predicted octanol–water partition coefficient (Wildman–Crippen LogP) is 2.92. The van der Waals surface area contributed by atoms with Gasteiger partial charge < -0.3 is 15.0 Å². The first-order chi connectivity index (χ1) is 11.9. The molecule has 0 aliphatic carbocycles. The average Bonchev–Trinajstić information content (AvgIpc) is 2.62. The van der Waals surface area contributed by atoms with E-state index < -0.39 is 6.10 Å². The van der Waals surface area contributed by atoms with E-state index >= 15 is 0 Å². The van der Waals surface area contributed by atoms with Gasteiger partial charge in [0.25, 0.3) is 5.91 Å². The number of hydrogen-bond acceptors (Lipinski definition) is 3. The van der Waals surface area contributed by atoms with Crippen molar-refractivity contribution < 1.29 is 14.3 Å². The number of piperidine rings is 1. The van der Waals surface area contributed by atoms with E-state index in [1.54, 1.807) is 11.8 Å². The average molecular weight is 367 g/mol.